The Bertz CT molecular complexity index is 755. The summed E-state index contributed by atoms with van der Waals surface area (Å²) in [4.78, 5) is 27.0. The second-order valence-electron chi connectivity index (χ2n) is 6.65. The molecule has 2 N–H and O–H groups in total. The minimum atomic E-state index is -0.516. The van der Waals surface area contributed by atoms with E-state index in [0.29, 0.717) is 19.4 Å². The van der Waals surface area contributed by atoms with E-state index < -0.39 is 6.10 Å². The van der Waals surface area contributed by atoms with E-state index in [4.69, 9.17) is 4.74 Å². The van der Waals surface area contributed by atoms with Crippen molar-refractivity contribution in [3.63, 3.8) is 0 Å². The first-order valence-corrected chi connectivity index (χ1v) is 9.01. The number of aliphatic hydroxyl groups is 1. The number of carbonyl (C=O) groups is 2. The van der Waals surface area contributed by atoms with E-state index in [1.54, 1.807) is 20.0 Å². The molecule has 0 saturated heterocycles. The summed E-state index contributed by atoms with van der Waals surface area (Å²) in [5.41, 5.74) is 2.70. The van der Waals surface area contributed by atoms with Crippen molar-refractivity contribution in [2.24, 2.45) is 5.92 Å². The summed E-state index contributed by atoms with van der Waals surface area (Å²) in [6, 6.07) is 11.3. The van der Waals surface area contributed by atoms with Crippen LogP contribution in [0.5, 0.6) is 5.75 Å². The molecule has 1 aromatic heterocycles. The quantitative estimate of drug-likeness (QED) is 0.746. The van der Waals surface area contributed by atoms with Crippen LogP contribution in [0.3, 0.4) is 0 Å². The van der Waals surface area contributed by atoms with Gasteiger partial charge >= 0.3 is 0 Å². The number of hydrogen-bond acceptors (Lipinski definition) is 5. The van der Waals surface area contributed by atoms with Crippen LogP contribution in [0.1, 0.15) is 43.7 Å². The summed E-state index contributed by atoms with van der Waals surface area (Å²) in [6.45, 7) is 5.32. The third-order valence-corrected chi connectivity index (χ3v) is 4.17. The van der Waals surface area contributed by atoms with Crippen LogP contribution in [0.15, 0.2) is 42.6 Å². The van der Waals surface area contributed by atoms with Crippen LogP contribution in [-0.4, -0.2) is 28.5 Å². The second-order valence-corrected chi connectivity index (χ2v) is 6.65. The zero-order chi connectivity index (χ0) is 19.8. The lowest BCUT2D eigenvalue weighted by molar-refractivity contribution is -0.131. The maximum Gasteiger partial charge on any atom is 0.229 e. The van der Waals surface area contributed by atoms with E-state index in [2.05, 4.69) is 10.3 Å². The predicted octanol–water partition coefficient (Wildman–Crippen LogP) is 2.60. The molecule has 27 heavy (non-hydrogen) atoms. The van der Waals surface area contributed by atoms with Gasteiger partial charge in [-0.05, 0) is 42.7 Å². The number of amides is 2. The van der Waals surface area contributed by atoms with Crippen molar-refractivity contribution in [1.82, 2.24) is 10.3 Å². The number of ether oxygens (including phenoxy) is 1. The van der Waals surface area contributed by atoms with Crippen LogP contribution >= 0.6 is 0 Å². The Hall–Kier alpha value is -2.73. The van der Waals surface area contributed by atoms with Gasteiger partial charge in [-0.15, -0.1) is 0 Å². The number of nitrogens with zero attached hydrogens (tertiary/aromatic N) is 1. The third-order valence-electron chi connectivity index (χ3n) is 4.17. The molecule has 0 saturated carbocycles. The van der Waals surface area contributed by atoms with E-state index >= 15 is 0 Å². The normalized spacial score (nSPS) is 12.9. The van der Waals surface area contributed by atoms with Crippen molar-refractivity contribution >= 4 is 11.8 Å². The first-order chi connectivity index (χ1) is 12.8. The molecule has 2 atom stereocenters. The fraction of sp³-hybridized carbons (Fsp3) is 0.381. The van der Waals surface area contributed by atoms with E-state index in [-0.39, 0.29) is 17.7 Å². The minimum absolute atomic E-state index is 0.267. The lowest BCUT2D eigenvalue weighted by Gasteiger charge is -2.11. The number of imide groups is 1. The molecular formula is C21H26N2O4. The number of nitrogens with one attached hydrogen (secondary N) is 1. The molecule has 0 fully saturated rings. The Balaban J connectivity index is 1.79. The molecule has 0 aliphatic carbocycles. The number of benzene rings is 1. The summed E-state index contributed by atoms with van der Waals surface area (Å²) in [7, 11) is 0. The average Bonchev–Trinajstić information content (AvgIpc) is 2.63. The maximum absolute atomic E-state index is 11.8. The number of pyridine rings is 1. The van der Waals surface area contributed by atoms with E-state index in [1.165, 1.54) is 6.92 Å². The highest BCUT2D eigenvalue weighted by molar-refractivity contribution is 5.95. The monoisotopic (exact) mass is 370 g/mol. The molecule has 2 amide bonds. The molecule has 2 unspecified atom stereocenters. The number of aromatic nitrogens is 1. The summed E-state index contributed by atoms with van der Waals surface area (Å²) < 4.78 is 5.73. The largest absolute Gasteiger partial charge is 0.493 e. The molecule has 2 aromatic rings. The Morgan fingerprint density at radius 1 is 1.15 bits per heavy atom. The summed E-state index contributed by atoms with van der Waals surface area (Å²) in [5.74, 6) is -0.140. The standard InChI is InChI=1S/C21H26N2O4/c1-14(21(26)23-16(3)25)12-17-4-8-20(9-5-17)27-11-10-19-7-6-18(13-22-19)15(2)24/h4-9,13-15,24H,10-12H2,1-3H3,(H,23,25,26). The van der Waals surface area contributed by atoms with Crippen LogP contribution in [0.2, 0.25) is 0 Å². The van der Waals surface area contributed by atoms with Crippen LogP contribution in [0, 0.1) is 5.92 Å². The highest BCUT2D eigenvalue weighted by Gasteiger charge is 2.14. The van der Waals surface area contributed by atoms with Gasteiger partial charge in [-0.1, -0.05) is 25.1 Å². The summed E-state index contributed by atoms with van der Waals surface area (Å²) >= 11 is 0. The molecule has 0 radical (unpaired) electrons. The van der Waals surface area contributed by atoms with Crippen LogP contribution in [-0.2, 0) is 22.4 Å². The zero-order valence-corrected chi connectivity index (χ0v) is 15.9. The lowest BCUT2D eigenvalue weighted by Crippen LogP contribution is -2.33. The van der Waals surface area contributed by atoms with Crippen molar-refractivity contribution in [1.29, 1.82) is 0 Å². The van der Waals surface area contributed by atoms with E-state index in [0.717, 1.165) is 22.6 Å². The molecular weight excluding hydrogens is 344 g/mol. The highest BCUT2D eigenvalue weighted by atomic mass is 16.5. The minimum Gasteiger partial charge on any atom is -0.493 e. The third kappa shape index (κ3) is 6.83. The van der Waals surface area contributed by atoms with Crippen LogP contribution in [0.4, 0.5) is 0 Å². The van der Waals surface area contributed by atoms with Crippen molar-refractivity contribution in [2.45, 2.75) is 39.7 Å². The predicted molar refractivity (Wildman–Crippen MR) is 102 cm³/mol. The average molecular weight is 370 g/mol. The van der Waals surface area contributed by atoms with Crippen molar-refractivity contribution in [3.05, 3.63) is 59.4 Å². The van der Waals surface area contributed by atoms with Gasteiger partial charge in [0.1, 0.15) is 5.75 Å². The molecule has 1 heterocycles. The van der Waals surface area contributed by atoms with Gasteiger partial charge in [0, 0.05) is 31.2 Å². The molecule has 0 aliphatic heterocycles. The summed E-state index contributed by atoms with van der Waals surface area (Å²) in [6.07, 6.45) is 2.39. The van der Waals surface area contributed by atoms with Crippen LogP contribution < -0.4 is 10.1 Å². The lowest BCUT2D eigenvalue weighted by atomic mass is 10.0. The molecule has 6 heteroatoms. The molecule has 6 nitrogen and oxygen atoms in total. The van der Waals surface area contributed by atoms with Crippen molar-refractivity contribution < 1.29 is 19.4 Å². The zero-order valence-electron chi connectivity index (χ0n) is 15.9. The molecule has 1 aromatic carbocycles. The first kappa shape index (κ1) is 20.6. The van der Waals surface area contributed by atoms with Gasteiger partial charge in [0.2, 0.25) is 11.8 Å². The number of hydrogen-bond donors (Lipinski definition) is 2. The van der Waals surface area contributed by atoms with Gasteiger partial charge < -0.3 is 9.84 Å². The molecule has 0 spiro atoms. The van der Waals surface area contributed by atoms with E-state index in [1.807, 2.05) is 36.4 Å². The maximum atomic E-state index is 11.8. The van der Waals surface area contributed by atoms with Gasteiger partial charge in [-0.3, -0.25) is 19.9 Å². The fourth-order valence-corrected chi connectivity index (χ4v) is 2.57. The van der Waals surface area contributed by atoms with E-state index in [9.17, 15) is 14.7 Å². The topological polar surface area (TPSA) is 88.5 Å². The highest BCUT2D eigenvalue weighted by Crippen LogP contribution is 2.16. The number of rotatable bonds is 8. The smallest absolute Gasteiger partial charge is 0.229 e. The van der Waals surface area contributed by atoms with Gasteiger partial charge in [0.15, 0.2) is 0 Å². The number of carbonyl (C=O) groups excluding carboxylic acids is 2. The Morgan fingerprint density at radius 2 is 1.85 bits per heavy atom. The Labute approximate surface area is 159 Å². The first-order valence-electron chi connectivity index (χ1n) is 9.01. The second kappa shape index (κ2) is 9.83. The molecule has 0 bridgehead atoms. The van der Waals surface area contributed by atoms with Crippen molar-refractivity contribution in [3.8, 4) is 5.75 Å². The molecule has 0 aliphatic rings. The van der Waals surface area contributed by atoms with Gasteiger partial charge in [0.25, 0.3) is 0 Å². The molecule has 2 rings (SSSR count). The van der Waals surface area contributed by atoms with Gasteiger partial charge in [0.05, 0.1) is 12.7 Å². The van der Waals surface area contributed by atoms with Gasteiger partial charge in [-0.25, -0.2) is 0 Å². The van der Waals surface area contributed by atoms with Gasteiger partial charge in [-0.2, -0.15) is 0 Å². The van der Waals surface area contributed by atoms with Crippen LogP contribution in [0.25, 0.3) is 0 Å². The number of aliphatic hydroxyl groups excluding tert-OH is 1. The molecule has 144 valence electrons. The van der Waals surface area contributed by atoms with Crippen molar-refractivity contribution in [2.75, 3.05) is 6.61 Å². The fourth-order valence-electron chi connectivity index (χ4n) is 2.57. The SMILES string of the molecule is CC(=O)NC(=O)C(C)Cc1ccc(OCCc2ccc(C(C)O)cn2)cc1. The Morgan fingerprint density at radius 3 is 2.41 bits per heavy atom. The summed E-state index contributed by atoms with van der Waals surface area (Å²) in [5, 5.41) is 11.8. The Kier molecular flexibility index (Phi) is 7.49.